The molecule has 2 aliphatic heterocycles. The summed E-state index contributed by atoms with van der Waals surface area (Å²) in [5.41, 5.74) is 1.86. The predicted octanol–water partition coefficient (Wildman–Crippen LogP) is 7.54. The summed E-state index contributed by atoms with van der Waals surface area (Å²) < 4.78 is 16.6. The largest absolute Gasteiger partial charge is 0.339 e. The highest BCUT2D eigenvalue weighted by molar-refractivity contribution is 7.44. The quantitative estimate of drug-likeness (QED) is 0.0937. The van der Waals surface area contributed by atoms with Gasteiger partial charge in [-0.1, -0.05) is 61.5 Å². The van der Waals surface area contributed by atoms with E-state index in [1.807, 2.05) is 26.0 Å². The maximum Gasteiger partial charge on any atom is 0.339 e. The minimum atomic E-state index is -1.44. The number of fused-ring (bicyclic) bond motifs is 1. The van der Waals surface area contributed by atoms with Crippen molar-refractivity contribution in [2.75, 3.05) is 18.1 Å². The van der Waals surface area contributed by atoms with E-state index in [9.17, 15) is 24.0 Å². The number of aromatic nitrogens is 2. The van der Waals surface area contributed by atoms with Gasteiger partial charge in [0.25, 0.3) is 25.9 Å². The van der Waals surface area contributed by atoms with Gasteiger partial charge in [-0.05, 0) is 89.4 Å². The fraction of sp³-hybridized carbons (Fsp3) is 0.333. The van der Waals surface area contributed by atoms with Crippen molar-refractivity contribution < 1.29 is 23.4 Å². The van der Waals surface area contributed by atoms with Gasteiger partial charge >= 0.3 is 11.7 Å². The summed E-state index contributed by atoms with van der Waals surface area (Å²) in [5, 5.41) is 12.0. The van der Waals surface area contributed by atoms with Gasteiger partial charge in [-0.15, -0.1) is 0 Å². The summed E-state index contributed by atoms with van der Waals surface area (Å²) in [6.45, 7) is 16.8. The van der Waals surface area contributed by atoms with Crippen LogP contribution in [0.5, 0.6) is 0 Å². The summed E-state index contributed by atoms with van der Waals surface area (Å²) in [5.74, 6) is -1.13. The van der Waals surface area contributed by atoms with E-state index < -0.39 is 37.6 Å². The van der Waals surface area contributed by atoms with E-state index in [0.717, 1.165) is 25.2 Å². The predicted molar refractivity (Wildman–Crippen MR) is 231 cm³/mol. The second-order valence-corrected chi connectivity index (χ2v) is 16.5. The molecular formula is C45H50N7O7P. The van der Waals surface area contributed by atoms with Crippen molar-refractivity contribution in [1.82, 2.24) is 24.0 Å². The third-order valence-corrected chi connectivity index (χ3v) is 12.3. The fourth-order valence-electron chi connectivity index (χ4n) is 7.34. The fourth-order valence-corrected chi connectivity index (χ4v) is 8.93. The summed E-state index contributed by atoms with van der Waals surface area (Å²) in [7, 11) is -1.44. The van der Waals surface area contributed by atoms with Crippen LogP contribution in [0, 0.1) is 18.3 Å². The van der Waals surface area contributed by atoms with Gasteiger partial charge in [0.15, 0.2) is 0 Å². The Kier molecular flexibility index (Phi) is 13.8. The normalized spacial score (nSPS) is 14.3. The van der Waals surface area contributed by atoms with Gasteiger partial charge in [-0.3, -0.25) is 29.2 Å². The Hall–Kier alpha value is -5.97. The lowest BCUT2D eigenvalue weighted by Crippen LogP contribution is -2.54. The minimum Gasteiger partial charge on any atom is -0.322 e. The smallest absolute Gasteiger partial charge is 0.322 e. The zero-order valence-corrected chi connectivity index (χ0v) is 35.7. The average molecular weight is 832 g/mol. The highest BCUT2D eigenvalue weighted by Gasteiger charge is 2.42. The Morgan fingerprint density at radius 2 is 1.53 bits per heavy atom. The van der Waals surface area contributed by atoms with Gasteiger partial charge in [0, 0.05) is 47.4 Å². The topological polar surface area (TPSA) is 159 Å². The van der Waals surface area contributed by atoms with Crippen molar-refractivity contribution >= 4 is 37.9 Å². The number of hydrogen-bond acceptors (Lipinski definition) is 10. The molecule has 0 fully saturated rings. The number of nitriles is 1. The molecule has 6 rings (SSSR count). The molecule has 3 heterocycles. The van der Waals surface area contributed by atoms with Gasteiger partial charge in [0.2, 0.25) is 0 Å². The van der Waals surface area contributed by atoms with Gasteiger partial charge < -0.3 is 9.05 Å². The second-order valence-electron chi connectivity index (χ2n) is 15.1. The van der Waals surface area contributed by atoms with Crippen LogP contribution < -0.4 is 21.5 Å². The first-order valence-electron chi connectivity index (χ1n) is 20.0. The molecule has 1 N–H and O–H groups in total. The number of carbonyl (C=O) groups is 3. The average Bonchev–Trinajstić information content (AvgIpc) is 3.22. The third-order valence-electron chi connectivity index (χ3n) is 10.2. The van der Waals surface area contributed by atoms with Crippen LogP contribution in [0.2, 0.25) is 0 Å². The summed E-state index contributed by atoms with van der Waals surface area (Å²) in [6, 6.07) is 24.0. The molecular weight excluding hydrogens is 782 g/mol. The lowest BCUT2D eigenvalue weighted by atomic mass is 9.95. The molecule has 312 valence electrons. The molecule has 1 unspecified atom stereocenters. The summed E-state index contributed by atoms with van der Waals surface area (Å²) in [6.07, 6.45) is 1.05. The van der Waals surface area contributed by atoms with Crippen molar-refractivity contribution in [3.8, 4) is 6.07 Å². The van der Waals surface area contributed by atoms with E-state index in [4.69, 9.17) is 14.3 Å². The number of carbonyl (C=O) groups excluding carboxylic acids is 3. The zero-order valence-electron chi connectivity index (χ0n) is 34.8. The molecule has 3 aromatic carbocycles. The molecule has 60 heavy (non-hydrogen) atoms. The van der Waals surface area contributed by atoms with Crippen LogP contribution in [0.4, 0.5) is 16.3 Å². The molecule has 4 aromatic rings. The molecule has 1 atom stereocenters. The van der Waals surface area contributed by atoms with Crippen LogP contribution in [0.15, 0.2) is 112 Å². The van der Waals surface area contributed by atoms with Gasteiger partial charge in [-0.2, -0.15) is 5.26 Å². The number of nitrogens with one attached hydrogen (secondary N) is 1. The van der Waals surface area contributed by atoms with Crippen molar-refractivity contribution in [2.24, 2.45) is 0 Å². The van der Waals surface area contributed by atoms with Crippen LogP contribution in [0.1, 0.15) is 84.9 Å². The highest BCUT2D eigenvalue weighted by atomic mass is 31.2. The van der Waals surface area contributed by atoms with Crippen LogP contribution in [0.3, 0.4) is 0 Å². The van der Waals surface area contributed by atoms with Gasteiger partial charge in [0.1, 0.15) is 11.6 Å². The first-order chi connectivity index (χ1) is 28.8. The van der Waals surface area contributed by atoms with Crippen LogP contribution >= 0.6 is 8.53 Å². The molecule has 0 radical (unpaired) electrons. The van der Waals surface area contributed by atoms with E-state index in [0.29, 0.717) is 30.7 Å². The number of allylic oxidation sites excluding steroid dienone is 1. The van der Waals surface area contributed by atoms with E-state index in [1.165, 1.54) is 4.90 Å². The Bertz CT molecular complexity index is 2460. The Morgan fingerprint density at radius 1 is 0.900 bits per heavy atom. The van der Waals surface area contributed by atoms with E-state index in [2.05, 4.69) is 50.3 Å². The Morgan fingerprint density at radius 3 is 2.15 bits per heavy atom. The van der Waals surface area contributed by atoms with Crippen LogP contribution in [-0.2, 0) is 28.4 Å². The van der Waals surface area contributed by atoms with Crippen molar-refractivity contribution in [3.63, 3.8) is 0 Å². The number of nitrogens with zero attached hydrogens (tertiary/aromatic N) is 6. The maximum atomic E-state index is 14.4. The number of urea groups is 1. The highest BCUT2D eigenvalue weighted by Crippen LogP contribution is 2.46. The number of amides is 3. The SMILES string of the molecule is C=C1C2=C(NC(=O)N1C(=O)c1ccc(C)cc1)N(c1ccc(CCOP(OCCC#N)N(C(C)C)C(C)C)cc1)c1c(c(=O)n(CCC)c(=O)n1C(=O)c1ccccc1)C2. The molecule has 0 aliphatic carbocycles. The molecule has 0 bridgehead atoms. The third kappa shape index (κ3) is 8.81. The monoisotopic (exact) mass is 831 g/mol. The lowest BCUT2D eigenvalue weighted by Gasteiger charge is -2.41. The number of anilines is 2. The number of benzene rings is 3. The van der Waals surface area contributed by atoms with Gasteiger partial charge in [-0.25, -0.2) is 23.7 Å². The molecule has 3 amide bonds. The number of hydrogen-bond donors (Lipinski definition) is 1. The zero-order chi connectivity index (χ0) is 43.2. The molecule has 0 saturated heterocycles. The second kappa shape index (κ2) is 19.0. The number of aryl methyl sites for hydroxylation is 1. The van der Waals surface area contributed by atoms with Gasteiger partial charge in [0.05, 0.1) is 37.0 Å². The molecule has 14 nitrogen and oxygen atoms in total. The molecule has 15 heteroatoms. The Labute approximate surface area is 350 Å². The molecule has 0 spiro atoms. The molecule has 1 aromatic heterocycles. The number of rotatable bonds is 15. The first-order valence-corrected chi connectivity index (χ1v) is 21.1. The van der Waals surface area contributed by atoms with Crippen molar-refractivity contribution in [2.45, 2.75) is 85.9 Å². The van der Waals surface area contributed by atoms with E-state index >= 15 is 0 Å². The van der Waals surface area contributed by atoms with E-state index in [-0.39, 0.29) is 72.1 Å². The summed E-state index contributed by atoms with van der Waals surface area (Å²) >= 11 is 0. The van der Waals surface area contributed by atoms with E-state index in [1.54, 1.807) is 66.7 Å². The van der Waals surface area contributed by atoms with Crippen molar-refractivity contribution in [1.29, 1.82) is 5.26 Å². The molecule has 2 aliphatic rings. The Balaban J connectivity index is 1.44. The minimum absolute atomic E-state index is 0.0185. The van der Waals surface area contributed by atoms with Crippen LogP contribution in [0.25, 0.3) is 0 Å². The summed E-state index contributed by atoms with van der Waals surface area (Å²) in [4.78, 5) is 73.6. The first kappa shape index (κ1) is 43.6. The lowest BCUT2D eigenvalue weighted by molar-refractivity contribution is 0.0839. The van der Waals surface area contributed by atoms with Crippen LogP contribution in [-0.4, -0.2) is 61.8 Å². The maximum absolute atomic E-state index is 14.4. The number of imide groups is 1. The molecule has 0 saturated carbocycles. The van der Waals surface area contributed by atoms with Crippen molar-refractivity contribution in [3.05, 3.63) is 151 Å². The standard InChI is InChI=1S/C45H50N7O7P/c1-8-25-48-43(55)38-28-37-32(7)49(41(53)35-19-15-31(6)16-20-35)44(56)47-39(37)50(40(38)51(45(48)57)42(54)34-13-10-9-11-14-34)36-21-17-33(18-22-36)23-27-59-60(58-26-12-24-46)52(29(2)3)30(4)5/h9-11,13-22,29-30H,7-8,12,23,25-28H2,1-6H3,(H,47,56).